The highest BCUT2D eigenvalue weighted by molar-refractivity contribution is 7.23. The molecule has 5 aliphatic rings. The molecule has 1 aliphatic carbocycles. The standard InChI is InChI=1S/C41H44F3N7O6S/c1-39(2,3)57-37(52)48-35-28(16-45)30-25(9-10-29(43)33(30)58-35)26-7-8-27-32(31(26)44)46-36(56-20-40-12-4-14-50(40)17-22(42)15-40)47-34(27)49-18-23-11-13-41(19-49,51(23)38(53)54)21-55-24-5-6-24/h7-10,22-24H,4-6,11-15,17-21H2,1-3H3,(H,48,52)(H,53,54)/t22-,23+,40+,41-/m1/s1. The van der Waals surface area contributed by atoms with Crippen molar-refractivity contribution in [3.63, 3.8) is 0 Å². The number of ether oxygens (including phenoxy) is 3. The second-order valence-corrected chi connectivity index (χ2v) is 18.3. The molecule has 13 nitrogen and oxygen atoms in total. The van der Waals surface area contributed by atoms with Gasteiger partial charge in [-0.05, 0) is 83.5 Å². The Balaban J connectivity index is 1.15. The lowest BCUT2D eigenvalue weighted by Crippen LogP contribution is -2.65. The number of benzene rings is 2. The number of rotatable bonds is 9. The third kappa shape index (κ3) is 6.72. The average molecular weight is 820 g/mol. The molecule has 0 unspecified atom stereocenters. The summed E-state index contributed by atoms with van der Waals surface area (Å²) in [6, 6.07) is 7.36. The van der Waals surface area contributed by atoms with E-state index < -0.39 is 46.7 Å². The molecule has 2 aromatic heterocycles. The lowest BCUT2D eigenvalue weighted by atomic mass is 9.95. The van der Waals surface area contributed by atoms with Crippen molar-refractivity contribution in [3.05, 3.63) is 41.5 Å². The van der Waals surface area contributed by atoms with E-state index in [9.17, 15) is 24.3 Å². The fraction of sp³-hybridized carbons (Fsp3) is 0.537. The maximum absolute atomic E-state index is 17.4. The van der Waals surface area contributed by atoms with Gasteiger partial charge < -0.3 is 24.2 Å². The highest BCUT2D eigenvalue weighted by Gasteiger charge is 2.55. The van der Waals surface area contributed by atoms with Crippen LogP contribution in [0.15, 0.2) is 24.3 Å². The fourth-order valence-electron chi connectivity index (χ4n) is 9.56. The van der Waals surface area contributed by atoms with E-state index in [1.807, 2.05) is 4.90 Å². The molecule has 2 amide bonds. The van der Waals surface area contributed by atoms with Crippen LogP contribution >= 0.6 is 11.3 Å². The Morgan fingerprint density at radius 1 is 1.07 bits per heavy atom. The van der Waals surface area contributed by atoms with E-state index in [4.69, 9.17) is 19.2 Å². The molecule has 4 aromatic rings. The minimum atomic E-state index is -1.02. The second-order valence-electron chi connectivity index (χ2n) is 17.3. The molecule has 6 heterocycles. The number of hydrogen-bond donors (Lipinski definition) is 2. The van der Waals surface area contributed by atoms with Crippen LogP contribution in [-0.2, 0) is 9.47 Å². The minimum Gasteiger partial charge on any atom is -0.465 e. The lowest BCUT2D eigenvalue weighted by molar-refractivity contribution is -0.00518. The lowest BCUT2D eigenvalue weighted by Gasteiger charge is -2.48. The topological polar surface area (TPSA) is 153 Å². The zero-order valence-corrected chi connectivity index (χ0v) is 33.3. The molecule has 1 saturated carbocycles. The number of nitrogens with zero attached hydrogens (tertiary/aromatic N) is 6. The molecule has 5 fully saturated rings. The maximum Gasteiger partial charge on any atom is 0.412 e. The molecule has 306 valence electrons. The van der Waals surface area contributed by atoms with Gasteiger partial charge in [0.2, 0.25) is 0 Å². The fourth-order valence-corrected chi connectivity index (χ4v) is 10.6. The highest BCUT2D eigenvalue weighted by atomic mass is 32.1. The van der Waals surface area contributed by atoms with Gasteiger partial charge in [0.15, 0.2) is 5.82 Å². The summed E-state index contributed by atoms with van der Waals surface area (Å²) >= 11 is 0.844. The number of halogens is 3. The number of anilines is 2. The average Bonchev–Trinajstić information content (AvgIpc) is 3.59. The summed E-state index contributed by atoms with van der Waals surface area (Å²) in [4.78, 5) is 40.5. The molecule has 2 N–H and O–H groups in total. The summed E-state index contributed by atoms with van der Waals surface area (Å²) < 4.78 is 65.4. The van der Waals surface area contributed by atoms with Crippen LogP contribution in [0.5, 0.6) is 6.01 Å². The smallest absolute Gasteiger partial charge is 0.412 e. The Morgan fingerprint density at radius 3 is 2.60 bits per heavy atom. The molecule has 4 aliphatic heterocycles. The number of hydrogen-bond acceptors (Lipinski definition) is 11. The molecule has 4 saturated heterocycles. The van der Waals surface area contributed by atoms with E-state index >= 15 is 8.78 Å². The van der Waals surface area contributed by atoms with Crippen molar-refractivity contribution < 1.29 is 42.1 Å². The molecular formula is C41H44F3N7O6S. The number of nitriles is 1. The molecular weight excluding hydrogens is 776 g/mol. The van der Waals surface area contributed by atoms with Gasteiger partial charge in [-0.1, -0.05) is 12.1 Å². The van der Waals surface area contributed by atoms with Crippen molar-refractivity contribution in [2.45, 2.75) is 101 Å². The molecule has 2 bridgehead atoms. The minimum absolute atomic E-state index is 0.0212. The van der Waals surface area contributed by atoms with Crippen molar-refractivity contribution >= 4 is 55.3 Å². The van der Waals surface area contributed by atoms with Crippen LogP contribution in [-0.4, -0.2) is 111 Å². The van der Waals surface area contributed by atoms with E-state index in [2.05, 4.69) is 21.3 Å². The van der Waals surface area contributed by atoms with Gasteiger partial charge in [0, 0.05) is 42.4 Å². The summed E-state index contributed by atoms with van der Waals surface area (Å²) in [6.45, 7) is 6.98. The number of thiophene rings is 1. The van der Waals surface area contributed by atoms with Crippen LogP contribution in [0.2, 0.25) is 0 Å². The first-order chi connectivity index (χ1) is 27.7. The molecule has 17 heteroatoms. The van der Waals surface area contributed by atoms with Crippen molar-refractivity contribution in [1.29, 1.82) is 5.26 Å². The van der Waals surface area contributed by atoms with Gasteiger partial charge in [-0.3, -0.25) is 15.1 Å². The number of carbonyl (C=O) groups excluding carboxylic acids is 1. The highest BCUT2D eigenvalue weighted by Crippen LogP contribution is 2.47. The van der Waals surface area contributed by atoms with Crippen molar-refractivity contribution in [2.75, 3.05) is 49.6 Å². The first kappa shape index (κ1) is 38.6. The zero-order valence-electron chi connectivity index (χ0n) is 32.4. The van der Waals surface area contributed by atoms with Crippen molar-refractivity contribution in [2.24, 2.45) is 0 Å². The van der Waals surface area contributed by atoms with Crippen LogP contribution in [0, 0.1) is 23.0 Å². The van der Waals surface area contributed by atoms with E-state index in [0.717, 1.165) is 43.6 Å². The largest absolute Gasteiger partial charge is 0.465 e. The summed E-state index contributed by atoms with van der Waals surface area (Å²) in [5.41, 5.74) is -2.15. The molecule has 4 atom stereocenters. The Morgan fingerprint density at radius 2 is 1.86 bits per heavy atom. The van der Waals surface area contributed by atoms with Crippen LogP contribution in [0.3, 0.4) is 0 Å². The number of alkyl halides is 1. The Hall–Kier alpha value is -4.92. The van der Waals surface area contributed by atoms with Crippen LogP contribution in [0.25, 0.3) is 32.1 Å². The number of amides is 2. The number of piperazine rings is 1. The quantitative estimate of drug-likeness (QED) is 0.170. The van der Waals surface area contributed by atoms with Crippen LogP contribution in [0.1, 0.15) is 71.3 Å². The van der Waals surface area contributed by atoms with Gasteiger partial charge in [0.25, 0.3) is 0 Å². The number of aromatic nitrogens is 2. The van der Waals surface area contributed by atoms with Crippen LogP contribution in [0.4, 0.5) is 33.6 Å². The third-order valence-electron chi connectivity index (χ3n) is 12.2. The summed E-state index contributed by atoms with van der Waals surface area (Å²) in [5, 5.41) is 23.8. The number of carbonyl (C=O) groups is 2. The Kier molecular flexibility index (Phi) is 9.40. The predicted molar refractivity (Wildman–Crippen MR) is 210 cm³/mol. The Labute approximate surface area is 336 Å². The van der Waals surface area contributed by atoms with E-state index in [0.29, 0.717) is 43.6 Å². The molecule has 0 radical (unpaired) electrons. The maximum atomic E-state index is 17.4. The summed E-state index contributed by atoms with van der Waals surface area (Å²) in [7, 11) is 0. The van der Waals surface area contributed by atoms with E-state index in [1.54, 1.807) is 26.8 Å². The van der Waals surface area contributed by atoms with Crippen molar-refractivity contribution in [1.82, 2.24) is 19.8 Å². The molecule has 58 heavy (non-hydrogen) atoms. The predicted octanol–water partition coefficient (Wildman–Crippen LogP) is 7.84. The van der Waals surface area contributed by atoms with Gasteiger partial charge in [-0.25, -0.2) is 22.8 Å². The van der Waals surface area contributed by atoms with Crippen LogP contribution < -0.4 is 15.0 Å². The van der Waals surface area contributed by atoms with Gasteiger partial charge in [-0.2, -0.15) is 15.2 Å². The molecule has 9 rings (SSSR count). The third-order valence-corrected chi connectivity index (χ3v) is 13.3. The summed E-state index contributed by atoms with van der Waals surface area (Å²) in [6.07, 6.45) is 2.28. The van der Waals surface area contributed by atoms with Crippen molar-refractivity contribution in [3.8, 4) is 23.2 Å². The first-order valence-electron chi connectivity index (χ1n) is 19.7. The number of carboxylic acid groups (broad SMARTS) is 1. The van der Waals surface area contributed by atoms with Gasteiger partial charge in [0.05, 0.1) is 40.1 Å². The normalized spacial score (nSPS) is 25.7. The Bertz CT molecular complexity index is 2380. The van der Waals surface area contributed by atoms with Gasteiger partial charge in [-0.15, -0.1) is 11.3 Å². The molecule has 0 spiro atoms. The monoisotopic (exact) mass is 819 g/mol. The van der Waals surface area contributed by atoms with Gasteiger partial charge in [0.1, 0.15) is 46.6 Å². The SMILES string of the molecule is CC(C)(C)OC(=O)Nc1sc2c(F)ccc(-c3ccc4c(N5C[C@@H]6CC[C@](COC7CC7)(C5)N6C(=O)O)nc(OC[C@@]56CCCN5C[C@H](F)C6)nc4c3F)c2c1C#N. The summed E-state index contributed by atoms with van der Waals surface area (Å²) in [5.74, 6) is -1.08. The molecule has 2 aromatic carbocycles. The first-order valence-corrected chi connectivity index (χ1v) is 20.6. The van der Waals surface area contributed by atoms with E-state index in [1.165, 1.54) is 23.1 Å². The second kappa shape index (κ2) is 14.1. The zero-order chi connectivity index (χ0) is 40.7. The number of nitrogens with one attached hydrogen (secondary N) is 1. The van der Waals surface area contributed by atoms with E-state index in [-0.39, 0.29) is 75.2 Å². The number of fused-ring (bicyclic) bond motifs is 5. The van der Waals surface area contributed by atoms with Gasteiger partial charge >= 0.3 is 18.2 Å².